The number of carbonyl (C=O) groups excluding carboxylic acids is 1. The lowest BCUT2D eigenvalue weighted by Crippen LogP contribution is -2.24. The van der Waals surface area contributed by atoms with Crippen molar-refractivity contribution in [3.05, 3.63) is 29.8 Å². The number of methoxy groups -OCH3 is 1. The number of benzene rings is 1. The van der Waals surface area contributed by atoms with Gasteiger partial charge in [0.1, 0.15) is 12.4 Å². The molecule has 0 N–H and O–H groups in total. The number of hydrogen-bond acceptors (Lipinski definition) is 4. The van der Waals surface area contributed by atoms with Crippen molar-refractivity contribution in [3.63, 3.8) is 0 Å². The average Bonchev–Trinajstić information content (AvgIpc) is 2.48. The Balaban J connectivity index is 2.07. The lowest BCUT2D eigenvalue weighted by Gasteiger charge is -2.21. The predicted octanol–water partition coefficient (Wildman–Crippen LogP) is 2.32. The molecule has 1 saturated heterocycles. The van der Waals surface area contributed by atoms with E-state index < -0.39 is 0 Å². The third-order valence-corrected chi connectivity index (χ3v) is 3.29. The Hall–Kier alpha value is -1.39. The molecule has 0 saturated carbocycles. The molecule has 104 valence electrons. The van der Waals surface area contributed by atoms with Gasteiger partial charge in [0.2, 0.25) is 0 Å². The molecule has 0 amide bonds. The molecule has 1 heterocycles. The van der Waals surface area contributed by atoms with Gasteiger partial charge in [-0.2, -0.15) is 0 Å². The zero-order valence-corrected chi connectivity index (χ0v) is 11.3. The molecule has 1 aromatic carbocycles. The van der Waals surface area contributed by atoms with Crippen molar-refractivity contribution < 1.29 is 19.0 Å². The second-order valence-electron chi connectivity index (χ2n) is 4.59. The van der Waals surface area contributed by atoms with Crippen LogP contribution in [0.15, 0.2) is 24.3 Å². The van der Waals surface area contributed by atoms with Crippen molar-refractivity contribution in [2.45, 2.75) is 12.8 Å². The van der Waals surface area contributed by atoms with E-state index in [1.165, 1.54) is 0 Å². The van der Waals surface area contributed by atoms with Crippen LogP contribution in [-0.2, 0) is 9.47 Å². The molecule has 0 aliphatic carbocycles. The summed E-state index contributed by atoms with van der Waals surface area (Å²) >= 11 is 0. The molecule has 0 atom stereocenters. The zero-order chi connectivity index (χ0) is 13.5. The molecule has 2 rings (SSSR count). The highest BCUT2D eigenvalue weighted by molar-refractivity contribution is 6.00. The molecule has 4 heteroatoms. The number of para-hydroxylation sites is 1. The molecule has 1 fully saturated rings. The molecule has 4 nitrogen and oxygen atoms in total. The molecule has 0 radical (unpaired) electrons. The van der Waals surface area contributed by atoms with Gasteiger partial charge in [-0.05, 0) is 25.0 Å². The van der Waals surface area contributed by atoms with Gasteiger partial charge < -0.3 is 14.2 Å². The lowest BCUT2D eigenvalue weighted by molar-refractivity contribution is 0.0541. The Bertz CT molecular complexity index is 410. The summed E-state index contributed by atoms with van der Waals surface area (Å²) in [4.78, 5) is 12.5. The number of ether oxygens (including phenoxy) is 3. The lowest BCUT2D eigenvalue weighted by atomic mass is 9.90. The number of ketones is 1. The third kappa shape index (κ3) is 3.78. The fraction of sp³-hybridized carbons (Fsp3) is 0.533. The highest BCUT2D eigenvalue weighted by Gasteiger charge is 2.24. The van der Waals surface area contributed by atoms with Gasteiger partial charge >= 0.3 is 0 Å². The van der Waals surface area contributed by atoms with Gasteiger partial charge in [0, 0.05) is 26.2 Å². The zero-order valence-electron chi connectivity index (χ0n) is 11.3. The molecule has 0 spiro atoms. The minimum Gasteiger partial charge on any atom is -0.490 e. The van der Waals surface area contributed by atoms with Crippen molar-refractivity contribution in [3.8, 4) is 5.75 Å². The van der Waals surface area contributed by atoms with Crippen molar-refractivity contribution in [1.29, 1.82) is 0 Å². The van der Waals surface area contributed by atoms with Crippen LogP contribution >= 0.6 is 0 Å². The summed E-state index contributed by atoms with van der Waals surface area (Å²) in [6.07, 6.45) is 1.59. The highest BCUT2D eigenvalue weighted by atomic mass is 16.5. The van der Waals surface area contributed by atoms with E-state index in [9.17, 15) is 4.79 Å². The summed E-state index contributed by atoms with van der Waals surface area (Å²) in [5.41, 5.74) is 0.672. The Morgan fingerprint density at radius 2 is 2.00 bits per heavy atom. The SMILES string of the molecule is COCCOc1ccccc1C(=O)C1CCOCC1. The third-order valence-electron chi connectivity index (χ3n) is 3.29. The van der Waals surface area contributed by atoms with Crippen LogP contribution in [0.4, 0.5) is 0 Å². The van der Waals surface area contributed by atoms with Crippen LogP contribution in [-0.4, -0.2) is 39.3 Å². The predicted molar refractivity (Wildman–Crippen MR) is 71.7 cm³/mol. The molecular formula is C15H20O4. The first-order valence-electron chi connectivity index (χ1n) is 6.65. The number of carbonyl (C=O) groups is 1. The standard InChI is InChI=1S/C15H20O4/c1-17-10-11-19-14-5-3-2-4-13(14)15(16)12-6-8-18-9-7-12/h2-5,12H,6-11H2,1H3. The first kappa shape index (κ1) is 14.0. The maximum absolute atomic E-state index is 12.5. The minimum atomic E-state index is 0.0564. The van der Waals surface area contributed by atoms with E-state index >= 15 is 0 Å². The quantitative estimate of drug-likeness (QED) is 0.584. The van der Waals surface area contributed by atoms with Gasteiger partial charge in [0.15, 0.2) is 5.78 Å². The van der Waals surface area contributed by atoms with Gasteiger partial charge in [-0.3, -0.25) is 4.79 Å². The Morgan fingerprint density at radius 1 is 1.26 bits per heavy atom. The molecule has 0 bridgehead atoms. The van der Waals surface area contributed by atoms with Gasteiger partial charge in [0.05, 0.1) is 12.2 Å². The fourth-order valence-electron chi connectivity index (χ4n) is 2.21. The van der Waals surface area contributed by atoms with Crippen LogP contribution < -0.4 is 4.74 Å². The number of rotatable bonds is 6. The summed E-state index contributed by atoms with van der Waals surface area (Å²) in [7, 11) is 1.63. The normalized spacial score (nSPS) is 16.3. The first-order valence-corrected chi connectivity index (χ1v) is 6.65. The van der Waals surface area contributed by atoms with E-state index in [0.717, 1.165) is 12.8 Å². The molecule has 1 aliphatic heterocycles. The van der Waals surface area contributed by atoms with Crippen LogP contribution in [0.2, 0.25) is 0 Å². The van der Waals surface area contributed by atoms with Crippen LogP contribution in [0, 0.1) is 5.92 Å². The monoisotopic (exact) mass is 264 g/mol. The van der Waals surface area contributed by atoms with E-state index in [1.54, 1.807) is 7.11 Å². The second kappa shape index (κ2) is 7.26. The first-order chi connectivity index (χ1) is 9.33. The van der Waals surface area contributed by atoms with Crippen molar-refractivity contribution >= 4 is 5.78 Å². The van der Waals surface area contributed by atoms with E-state index in [-0.39, 0.29) is 11.7 Å². The average molecular weight is 264 g/mol. The summed E-state index contributed by atoms with van der Waals surface area (Å²) in [5.74, 6) is 0.869. The van der Waals surface area contributed by atoms with Gasteiger partial charge in [-0.25, -0.2) is 0 Å². The van der Waals surface area contributed by atoms with E-state index in [4.69, 9.17) is 14.2 Å². The van der Waals surface area contributed by atoms with Crippen LogP contribution in [0.1, 0.15) is 23.2 Å². The largest absolute Gasteiger partial charge is 0.490 e. The minimum absolute atomic E-state index is 0.0564. The number of Topliss-reactive ketones (excluding diaryl/α,β-unsaturated/α-hetero) is 1. The fourth-order valence-corrected chi connectivity index (χ4v) is 2.21. The van der Waals surface area contributed by atoms with Crippen LogP contribution in [0.25, 0.3) is 0 Å². The summed E-state index contributed by atoms with van der Waals surface area (Å²) in [5, 5.41) is 0. The van der Waals surface area contributed by atoms with Gasteiger partial charge in [0.25, 0.3) is 0 Å². The molecule has 1 aromatic rings. The molecule has 1 aliphatic rings. The number of hydrogen-bond donors (Lipinski definition) is 0. The van der Waals surface area contributed by atoms with Crippen molar-refractivity contribution in [2.24, 2.45) is 5.92 Å². The van der Waals surface area contributed by atoms with Crippen molar-refractivity contribution in [1.82, 2.24) is 0 Å². The Labute approximate surface area is 113 Å². The van der Waals surface area contributed by atoms with E-state index in [0.29, 0.717) is 37.7 Å². The topological polar surface area (TPSA) is 44.8 Å². The molecular weight excluding hydrogens is 244 g/mol. The van der Waals surface area contributed by atoms with Crippen molar-refractivity contribution in [2.75, 3.05) is 33.5 Å². The van der Waals surface area contributed by atoms with Crippen LogP contribution in [0.5, 0.6) is 5.75 Å². The summed E-state index contributed by atoms with van der Waals surface area (Å²) in [6.45, 7) is 2.31. The maximum Gasteiger partial charge on any atom is 0.169 e. The molecule has 0 unspecified atom stereocenters. The second-order valence-corrected chi connectivity index (χ2v) is 4.59. The molecule has 0 aromatic heterocycles. The summed E-state index contributed by atoms with van der Waals surface area (Å²) in [6, 6.07) is 7.42. The molecule has 19 heavy (non-hydrogen) atoms. The van der Waals surface area contributed by atoms with Gasteiger partial charge in [-0.1, -0.05) is 12.1 Å². The Kier molecular flexibility index (Phi) is 5.36. The van der Waals surface area contributed by atoms with E-state index in [1.807, 2.05) is 24.3 Å². The smallest absolute Gasteiger partial charge is 0.169 e. The Morgan fingerprint density at radius 3 is 2.74 bits per heavy atom. The van der Waals surface area contributed by atoms with Crippen LogP contribution in [0.3, 0.4) is 0 Å². The summed E-state index contributed by atoms with van der Waals surface area (Å²) < 4.78 is 15.9. The van der Waals surface area contributed by atoms with Gasteiger partial charge in [-0.15, -0.1) is 0 Å². The maximum atomic E-state index is 12.5. The van der Waals surface area contributed by atoms with E-state index in [2.05, 4.69) is 0 Å². The highest BCUT2D eigenvalue weighted by Crippen LogP contribution is 2.26.